The van der Waals surface area contributed by atoms with Crippen LogP contribution in [-0.2, 0) is 11.2 Å². The summed E-state index contributed by atoms with van der Waals surface area (Å²) in [5.74, 6) is 0.142. The second kappa shape index (κ2) is 3.01. The van der Waals surface area contributed by atoms with Crippen molar-refractivity contribution < 1.29 is 4.79 Å². The minimum absolute atomic E-state index is 0.142. The zero-order chi connectivity index (χ0) is 9.26. The normalized spacial score (nSPS) is 10.5. The molecule has 0 saturated carbocycles. The maximum absolute atomic E-state index is 10.8. The van der Waals surface area contributed by atoms with E-state index in [0.29, 0.717) is 6.42 Å². The molecule has 0 atom stereocenters. The van der Waals surface area contributed by atoms with Crippen LogP contribution in [0.1, 0.15) is 12.6 Å². The van der Waals surface area contributed by atoms with Crippen molar-refractivity contribution in [2.45, 2.75) is 13.3 Å². The molecule has 3 heteroatoms. The highest BCUT2D eigenvalue weighted by molar-refractivity contribution is 5.78. The monoisotopic (exact) mass is 174 g/mol. The largest absolute Gasteiger partial charge is 0.300 e. The Morgan fingerprint density at radius 2 is 2.38 bits per heavy atom. The molecule has 0 radical (unpaired) electrons. The topological polar surface area (TPSA) is 34.4 Å². The molecule has 0 aliphatic rings. The van der Waals surface area contributed by atoms with Gasteiger partial charge in [-0.2, -0.15) is 5.10 Å². The van der Waals surface area contributed by atoms with Crippen molar-refractivity contribution in [2.75, 3.05) is 0 Å². The molecule has 2 heterocycles. The van der Waals surface area contributed by atoms with Gasteiger partial charge in [-0.05, 0) is 25.1 Å². The Labute approximate surface area is 76.0 Å². The number of hydrogen-bond acceptors (Lipinski definition) is 2. The van der Waals surface area contributed by atoms with Crippen molar-refractivity contribution in [1.29, 1.82) is 0 Å². The Morgan fingerprint density at radius 1 is 1.54 bits per heavy atom. The van der Waals surface area contributed by atoms with Gasteiger partial charge in [0.25, 0.3) is 0 Å². The number of ketones is 1. The van der Waals surface area contributed by atoms with Gasteiger partial charge in [0.1, 0.15) is 5.78 Å². The minimum atomic E-state index is 0.142. The number of nitrogens with zero attached hydrogens (tertiary/aromatic N) is 2. The van der Waals surface area contributed by atoms with Gasteiger partial charge >= 0.3 is 0 Å². The molecule has 0 unspecified atom stereocenters. The van der Waals surface area contributed by atoms with Crippen molar-refractivity contribution in [3.8, 4) is 0 Å². The summed E-state index contributed by atoms with van der Waals surface area (Å²) in [6.45, 7) is 1.57. The molecule has 0 aromatic carbocycles. The average Bonchev–Trinajstić information content (AvgIpc) is 2.44. The van der Waals surface area contributed by atoms with E-state index in [0.717, 1.165) is 11.2 Å². The van der Waals surface area contributed by atoms with Crippen molar-refractivity contribution in [1.82, 2.24) is 9.61 Å². The summed E-state index contributed by atoms with van der Waals surface area (Å²) in [7, 11) is 0. The van der Waals surface area contributed by atoms with Gasteiger partial charge in [0.2, 0.25) is 0 Å². The van der Waals surface area contributed by atoms with E-state index >= 15 is 0 Å². The fourth-order valence-corrected chi connectivity index (χ4v) is 1.33. The van der Waals surface area contributed by atoms with E-state index in [-0.39, 0.29) is 5.78 Å². The van der Waals surface area contributed by atoms with Crippen molar-refractivity contribution in [2.24, 2.45) is 0 Å². The predicted molar refractivity (Wildman–Crippen MR) is 49.6 cm³/mol. The van der Waals surface area contributed by atoms with Crippen molar-refractivity contribution >= 4 is 11.3 Å². The molecular formula is C10H10N2O. The van der Waals surface area contributed by atoms with Crippen LogP contribution in [0.15, 0.2) is 30.5 Å². The quantitative estimate of drug-likeness (QED) is 0.690. The molecule has 0 amide bonds. The Hall–Kier alpha value is -1.64. The molecular weight excluding hydrogens is 164 g/mol. The SMILES string of the molecule is CC(=O)Cc1cc2ccccn2n1. The number of aromatic nitrogens is 2. The molecule has 2 rings (SSSR count). The number of hydrogen-bond donors (Lipinski definition) is 0. The van der Waals surface area contributed by atoms with Crippen LogP contribution in [0.3, 0.4) is 0 Å². The number of Topliss-reactive ketones (excluding diaryl/α,β-unsaturated/α-hetero) is 1. The van der Waals surface area contributed by atoms with Gasteiger partial charge < -0.3 is 0 Å². The van der Waals surface area contributed by atoms with Crippen LogP contribution < -0.4 is 0 Å². The second-order valence-electron chi connectivity index (χ2n) is 3.08. The molecule has 0 fully saturated rings. The lowest BCUT2D eigenvalue weighted by atomic mass is 10.2. The maximum Gasteiger partial charge on any atom is 0.135 e. The van der Waals surface area contributed by atoms with Crippen LogP contribution in [0.5, 0.6) is 0 Å². The molecule has 0 spiro atoms. The second-order valence-corrected chi connectivity index (χ2v) is 3.08. The van der Waals surface area contributed by atoms with Gasteiger partial charge in [-0.15, -0.1) is 0 Å². The molecule has 2 aromatic heterocycles. The van der Waals surface area contributed by atoms with Crippen molar-refractivity contribution in [3.63, 3.8) is 0 Å². The number of pyridine rings is 1. The number of carbonyl (C=O) groups is 1. The molecule has 0 N–H and O–H groups in total. The fourth-order valence-electron chi connectivity index (χ4n) is 1.33. The third-order valence-corrected chi connectivity index (χ3v) is 1.85. The first-order chi connectivity index (χ1) is 6.25. The number of fused-ring (bicyclic) bond motifs is 1. The molecule has 13 heavy (non-hydrogen) atoms. The zero-order valence-corrected chi connectivity index (χ0v) is 7.40. The van der Waals surface area contributed by atoms with E-state index in [1.165, 1.54) is 0 Å². The number of rotatable bonds is 2. The van der Waals surface area contributed by atoms with Crippen molar-refractivity contribution in [3.05, 3.63) is 36.2 Å². The molecule has 2 aromatic rings. The lowest BCUT2D eigenvalue weighted by molar-refractivity contribution is -0.116. The minimum Gasteiger partial charge on any atom is -0.300 e. The third kappa shape index (κ3) is 1.59. The lowest BCUT2D eigenvalue weighted by Crippen LogP contribution is -1.96. The zero-order valence-electron chi connectivity index (χ0n) is 7.40. The van der Waals surface area contributed by atoms with Gasteiger partial charge in [0.15, 0.2) is 0 Å². The van der Waals surface area contributed by atoms with Crippen LogP contribution in [0.25, 0.3) is 5.52 Å². The summed E-state index contributed by atoms with van der Waals surface area (Å²) < 4.78 is 1.78. The Balaban J connectivity index is 2.44. The first-order valence-electron chi connectivity index (χ1n) is 4.18. The highest BCUT2D eigenvalue weighted by Crippen LogP contribution is 2.06. The smallest absolute Gasteiger partial charge is 0.135 e. The molecule has 0 saturated heterocycles. The maximum atomic E-state index is 10.8. The van der Waals surface area contributed by atoms with Crippen LogP contribution in [0, 0.1) is 0 Å². The van der Waals surface area contributed by atoms with Crippen LogP contribution >= 0.6 is 0 Å². The Bertz CT molecular complexity index is 412. The van der Waals surface area contributed by atoms with Crippen LogP contribution in [0.2, 0.25) is 0 Å². The predicted octanol–water partition coefficient (Wildman–Crippen LogP) is 1.47. The summed E-state index contributed by atoms with van der Waals surface area (Å²) in [5, 5.41) is 4.25. The highest BCUT2D eigenvalue weighted by Gasteiger charge is 2.02. The van der Waals surface area contributed by atoms with Gasteiger partial charge in [-0.25, -0.2) is 4.52 Å². The standard InChI is InChI=1S/C10H10N2O/c1-8(13)6-9-7-10-4-2-3-5-12(10)11-9/h2-5,7H,6H2,1H3. The number of carbonyl (C=O) groups excluding carboxylic acids is 1. The Kier molecular flexibility index (Phi) is 1.85. The molecule has 3 nitrogen and oxygen atoms in total. The van der Waals surface area contributed by atoms with E-state index in [2.05, 4.69) is 5.10 Å². The van der Waals surface area contributed by atoms with Gasteiger partial charge in [0, 0.05) is 6.20 Å². The Morgan fingerprint density at radius 3 is 3.08 bits per heavy atom. The van der Waals surface area contributed by atoms with Gasteiger partial charge in [-0.1, -0.05) is 6.07 Å². The van der Waals surface area contributed by atoms with Gasteiger partial charge in [-0.3, -0.25) is 4.79 Å². The van der Waals surface area contributed by atoms with Crippen LogP contribution in [-0.4, -0.2) is 15.4 Å². The first-order valence-corrected chi connectivity index (χ1v) is 4.18. The van der Waals surface area contributed by atoms with Crippen LogP contribution in [0.4, 0.5) is 0 Å². The average molecular weight is 174 g/mol. The third-order valence-electron chi connectivity index (χ3n) is 1.85. The summed E-state index contributed by atoms with van der Waals surface area (Å²) in [6.07, 6.45) is 2.29. The summed E-state index contributed by atoms with van der Waals surface area (Å²) >= 11 is 0. The highest BCUT2D eigenvalue weighted by atomic mass is 16.1. The van der Waals surface area contributed by atoms with Gasteiger partial charge in [0.05, 0.1) is 17.6 Å². The fraction of sp³-hybridized carbons (Fsp3) is 0.200. The molecule has 0 aliphatic carbocycles. The first kappa shape index (κ1) is 7.98. The van der Waals surface area contributed by atoms with E-state index in [9.17, 15) is 4.79 Å². The van der Waals surface area contributed by atoms with E-state index in [4.69, 9.17) is 0 Å². The lowest BCUT2D eigenvalue weighted by Gasteiger charge is -1.88. The summed E-state index contributed by atoms with van der Waals surface area (Å²) in [4.78, 5) is 10.8. The molecule has 0 bridgehead atoms. The summed E-state index contributed by atoms with van der Waals surface area (Å²) in [5.41, 5.74) is 1.86. The van der Waals surface area contributed by atoms with E-state index in [1.54, 1.807) is 11.4 Å². The van der Waals surface area contributed by atoms with E-state index < -0.39 is 0 Å². The molecule has 0 aliphatic heterocycles. The summed E-state index contributed by atoms with van der Waals surface area (Å²) in [6, 6.07) is 7.77. The molecule has 66 valence electrons. The van der Waals surface area contributed by atoms with E-state index in [1.807, 2.05) is 30.5 Å².